The van der Waals surface area contributed by atoms with Crippen molar-refractivity contribution in [3.05, 3.63) is 91.0 Å². The maximum atomic E-state index is 9.56. The molecular weight excluding hydrogens is 322 g/mol. The van der Waals surface area contributed by atoms with Crippen molar-refractivity contribution in [3.63, 3.8) is 0 Å². The van der Waals surface area contributed by atoms with Crippen LogP contribution >= 0.6 is 0 Å². The summed E-state index contributed by atoms with van der Waals surface area (Å²) in [5, 5.41) is 19.1. The van der Waals surface area contributed by atoms with Gasteiger partial charge < -0.3 is 10.2 Å². The predicted molar refractivity (Wildman–Crippen MR) is 104 cm³/mol. The third kappa shape index (κ3) is 3.28. The van der Waals surface area contributed by atoms with E-state index < -0.39 is 0 Å². The number of hydrogen-bond donors (Lipinski definition) is 2. The van der Waals surface area contributed by atoms with Crippen molar-refractivity contribution in [2.45, 2.75) is 0 Å². The average molecular weight is 339 g/mol. The second kappa shape index (κ2) is 6.73. The summed E-state index contributed by atoms with van der Waals surface area (Å²) in [6, 6.07) is 28.3. The van der Waals surface area contributed by atoms with Gasteiger partial charge in [-0.05, 0) is 59.7 Å². The van der Waals surface area contributed by atoms with E-state index in [9.17, 15) is 10.2 Å². The second-order valence-corrected chi connectivity index (χ2v) is 6.09. The molecular formula is C23H17NO2. The topological polar surface area (TPSA) is 53.4 Å². The molecule has 0 unspecified atom stereocenters. The van der Waals surface area contributed by atoms with Crippen molar-refractivity contribution in [1.29, 1.82) is 0 Å². The van der Waals surface area contributed by atoms with E-state index >= 15 is 0 Å². The highest BCUT2D eigenvalue weighted by molar-refractivity contribution is 5.76. The Balaban J connectivity index is 1.89. The van der Waals surface area contributed by atoms with Gasteiger partial charge in [-0.25, -0.2) is 4.98 Å². The minimum atomic E-state index is 0.228. The lowest BCUT2D eigenvalue weighted by Crippen LogP contribution is -1.91. The van der Waals surface area contributed by atoms with Crippen LogP contribution in [-0.4, -0.2) is 15.2 Å². The van der Waals surface area contributed by atoms with Crippen molar-refractivity contribution >= 4 is 0 Å². The highest BCUT2D eigenvalue weighted by Gasteiger charge is 2.09. The van der Waals surface area contributed by atoms with Crippen LogP contribution in [0.15, 0.2) is 91.0 Å². The van der Waals surface area contributed by atoms with Crippen LogP contribution in [0, 0.1) is 0 Å². The third-order valence-electron chi connectivity index (χ3n) is 4.26. The van der Waals surface area contributed by atoms with Crippen molar-refractivity contribution in [1.82, 2.24) is 4.98 Å². The van der Waals surface area contributed by atoms with Gasteiger partial charge in [-0.1, -0.05) is 42.5 Å². The maximum absolute atomic E-state index is 9.56. The van der Waals surface area contributed by atoms with E-state index in [1.165, 1.54) is 0 Å². The Morgan fingerprint density at radius 2 is 0.923 bits per heavy atom. The van der Waals surface area contributed by atoms with Crippen LogP contribution in [0.2, 0.25) is 0 Å². The largest absolute Gasteiger partial charge is 0.508 e. The van der Waals surface area contributed by atoms with Gasteiger partial charge in [-0.2, -0.15) is 0 Å². The van der Waals surface area contributed by atoms with Gasteiger partial charge in [0.05, 0.1) is 11.4 Å². The number of nitrogens with zero attached hydrogens (tertiary/aromatic N) is 1. The molecule has 0 saturated carbocycles. The number of aromatic nitrogens is 1. The minimum absolute atomic E-state index is 0.228. The summed E-state index contributed by atoms with van der Waals surface area (Å²) >= 11 is 0. The molecule has 3 heteroatoms. The van der Waals surface area contributed by atoms with Gasteiger partial charge in [0.25, 0.3) is 0 Å². The number of rotatable bonds is 3. The zero-order chi connectivity index (χ0) is 17.9. The number of phenolic OH excluding ortho intramolecular Hbond substituents is 2. The van der Waals surface area contributed by atoms with E-state index in [0.717, 1.165) is 33.6 Å². The monoisotopic (exact) mass is 339 g/mol. The van der Waals surface area contributed by atoms with Gasteiger partial charge in [0.2, 0.25) is 0 Å². The Bertz CT molecular complexity index is 960. The maximum Gasteiger partial charge on any atom is 0.115 e. The van der Waals surface area contributed by atoms with Crippen LogP contribution in [0.25, 0.3) is 33.6 Å². The fraction of sp³-hybridized carbons (Fsp3) is 0. The zero-order valence-corrected chi connectivity index (χ0v) is 14.0. The quantitative estimate of drug-likeness (QED) is 0.518. The molecule has 0 radical (unpaired) electrons. The van der Waals surface area contributed by atoms with Crippen LogP contribution in [0.3, 0.4) is 0 Å². The molecule has 3 nitrogen and oxygen atoms in total. The van der Waals surface area contributed by atoms with E-state index in [-0.39, 0.29) is 11.5 Å². The fourth-order valence-electron chi connectivity index (χ4n) is 2.89. The van der Waals surface area contributed by atoms with Gasteiger partial charge in [0, 0.05) is 11.1 Å². The van der Waals surface area contributed by atoms with Gasteiger partial charge in [0.1, 0.15) is 11.5 Å². The molecule has 4 rings (SSSR count). The molecule has 0 fully saturated rings. The summed E-state index contributed by atoms with van der Waals surface area (Å²) in [6.45, 7) is 0. The molecule has 0 saturated heterocycles. The smallest absolute Gasteiger partial charge is 0.115 e. The highest BCUT2D eigenvalue weighted by atomic mass is 16.3. The standard InChI is InChI=1S/C23H17NO2/c25-20-10-6-16(7-11-20)19-14-22(17-4-2-1-3-5-17)24-23(15-19)18-8-12-21(26)13-9-18/h1-15,25-26H. The third-order valence-corrected chi connectivity index (χ3v) is 4.26. The summed E-state index contributed by atoms with van der Waals surface area (Å²) < 4.78 is 0. The van der Waals surface area contributed by atoms with Crippen LogP contribution < -0.4 is 0 Å². The van der Waals surface area contributed by atoms with Crippen LogP contribution in [0.4, 0.5) is 0 Å². The lowest BCUT2D eigenvalue weighted by Gasteiger charge is -2.10. The molecule has 126 valence electrons. The van der Waals surface area contributed by atoms with Crippen molar-refractivity contribution < 1.29 is 10.2 Å². The summed E-state index contributed by atoms with van der Waals surface area (Å²) in [5.41, 5.74) is 5.69. The molecule has 1 heterocycles. The molecule has 1 aromatic heterocycles. The summed E-state index contributed by atoms with van der Waals surface area (Å²) in [6.07, 6.45) is 0. The number of pyridine rings is 1. The molecule has 0 aliphatic heterocycles. The molecule has 0 spiro atoms. The van der Waals surface area contributed by atoms with Crippen molar-refractivity contribution in [2.75, 3.05) is 0 Å². The SMILES string of the molecule is Oc1ccc(-c2cc(-c3ccccc3)nc(-c3ccc(O)cc3)c2)cc1. The van der Waals surface area contributed by atoms with E-state index in [1.54, 1.807) is 24.3 Å². The average Bonchev–Trinajstić information content (AvgIpc) is 2.69. The molecule has 0 amide bonds. The van der Waals surface area contributed by atoms with E-state index in [4.69, 9.17) is 4.98 Å². The minimum Gasteiger partial charge on any atom is -0.508 e. The van der Waals surface area contributed by atoms with Crippen LogP contribution in [0.5, 0.6) is 11.5 Å². The summed E-state index contributed by atoms with van der Waals surface area (Å²) in [4.78, 5) is 4.82. The lowest BCUT2D eigenvalue weighted by atomic mass is 10.00. The molecule has 26 heavy (non-hydrogen) atoms. The molecule has 2 N–H and O–H groups in total. The normalized spacial score (nSPS) is 10.6. The molecule has 0 aliphatic carbocycles. The van der Waals surface area contributed by atoms with Crippen molar-refractivity contribution in [3.8, 4) is 45.1 Å². The first-order valence-electron chi connectivity index (χ1n) is 8.35. The molecule has 0 atom stereocenters. The zero-order valence-electron chi connectivity index (χ0n) is 14.0. The molecule has 0 aliphatic rings. The van der Waals surface area contributed by atoms with E-state index in [1.807, 2.05) is 66.7 Å². The number of benzene rings is 3. The summed E-state index contributed by atoms with van der Waals surface area (Å²) in [7, 11) is 0. The predicted octanol–water partition coefficient (Wildman–Crippen LogP) is 5.49. The van der Waals surface area contributed by atoms with Gasteiger partial charge in [-0.15, -0.1) is 0 Å². The Hall–Kier alpha value is -3.59. The highest BCUT2D eigenvalue weighted by Crippen LogP contribution is 2.31. The van der Waals surface area contributed by atoms with E-state index in [0.29, 0.717) is 0 Å². The van der Waals surface area contributed by atoms with E-state index in [2.05, 4.69) is 0 Å². The van der Waals surface area contributed by atoms with Crippen LogP contribution in [-0.2, 0) is 0 Å². The Morgan fingerprint density at radius 3 is 1.46 bits per heavy atom. The first-order chi connectivity index (χ1) is 12.7. The number of phenols is 2. The molecule has 3 aromatic carbocycles. The Kier molecular flexibility index (Phi) is 4.12. The molecule has 0 bridgehead atoms. The lowest BCUT2D eigenvalue weighted by molar-refractivity contribution is 0.475. The first kappa shape index (κ1) is 15.9. The Labute approximate surface area is 151 Å². The first-order valence-corrected chi connectivity index (χ1v) is 8.35. The van der Waals surface area contributed by atoms with Crippen molar-refractivity contribution in [2.24, 2.45) is 0 Å². The van der Waals surface area contributed by atoms with Gasteiger partial charge >= 0.3 is 0 Å². The second-order valence-electron chi connectivity index (χ2n) is 6.09. The summed E-state index contributed by atoms with van der Waals surface area (Å²) in [5.74, 6) is 0.469. The van der Waals surface area contributed by atoms with Gasteiger partial charge in [-0.3, -0.25) is 0 Å². The fourth-order valence-corrected chi connectivity index (χ4v) is 2.89. The van der Waals surface area contributed by atoms with Gasteiger partial charge in [0.15, 0.2) is 0 Å². The molecule has 4 aromatic rings. The van der Waals surface area contributed by atoms with Crippen LogP contribution in [0.1, 0.15) is 0 Å². The number of aromatic hydroxyl groups is 2. The Morgan fingerprint density at radius 1 is 0.462 bits per heavy atom. The number of hydrogen-bond acceptors (Lipinski definition) is 3.